The molecule has 5 heterocycles. The molecule has 3 fully saturated rings. The molecule has 2 aromatic carbocycles. The van der Waals surface area contributed by atoms with Gasteiger partial charge >= 0.3 is 6.01 Å². The number of hydrogen-bond donors (Lipinski definition) is 0. The first-order chi connectivity index (χ1) is 23.5. The van der Waals surface area contributed by atoms with Crippen molar-refractivity contribution in [1.29, 1.82) is 5.26 Å². The van der Waals surface area contributed by atoms with Crippen LogP contribution in [0, 0.1) is 18.3 Å². The largest absolute Gasteiger partial charge is 0.462 e. The molecule has 3 saturated heterocycles. The van der Waals surface area contributed by atoms with Gasteiger partial charge in [-0.15, -0.1) is 0 Å². The van der Waals surface area contributed by atoms with Gasteiger partial charge < -0.3 is 24.0 Å². The number of rotatable bonds is 11. The van der Waals surface area contributed by atoms with Crippen molar-refractivity contribution >= 4 is 22.3 Å². The van der Waals surface area contributed by atoms with Crippen LogP contribution in [-0.2, 0) is 22.4 Å². The fourth-order valence-electron chi connectivity index (χ4n) is 7.83. The second-order valence-corrected chi connectivity index (χ2v) is 13.5. The van der Waals surface area contributed by atoms with E-state index < -0.39 is 5.83 Å². The lowest BCUT2D eigenvalue weighted by Crippen LogP contribution is -2.57. The maximum Gasteiger partial charge on any atom is 0.318 e. The Bertz CT molecular complexity index is 1650. The zero-order chi connectivity index (χ0) is 33.0. The van der Waals surface area contributed by atoms with E-state index >= 15 is 0 Å². The Kier molecular flexibility index (Phi) is 10.0. The SMILES string of the molecule is C=C(F)COCN1CCN(c2nc(OCC3CCN3C3CCOCC3)nc3c2CCN(c2cccc4cccc(C)c24)C3)C[C@@H]1CC#N. The summed E-state index contributed by atoms with van der Waals surface area (Å²) >= 11 is 0. The molecular weight excluding hydrogens is 609 g/mol. The maximum absolute atomic E-state index is 13.2. The zero-order valence-electron chi connectivity index (χ0n) is 28.0. The molecule has 0 aliphatic carbocycles. The smallest absolute Gasteiger partial charge is 0.318 e. The number of likely N-dealkylation sites (tertiary alicyclic amines) is 1. The third-order valence-electron chi connectivity index (χ3n) is 10.5. The van der Waals surface area contributed by atoms with Crippen LogP contribution in [0.5, 0.6) is 6.01 Å². The van der Waals surface area contributed by atoms with Gasteiger partial charge in [0.25, 0.3) is 0 Å². The van der Waals surface area contributed by atoms with Gasteiger partial charge in [0, 0.05) is 80.7 Å². The van der Waals surface area contributed by atoms with Gasteiger partial charge in [0.2, 0.25) is 0 Å². The Morgan fingerprint density at radius 1 is 1.04 bits per heavy atom. The van der Waals surface area contributed by atoms with Crippen LogP contribution in [0.4, 0.5) is 15.9 Å². The van der Waals surface area contributed by atoms with Crippen LogP contribution >= 0.6 is 0 Å². The van der Waals surface area contributed by atoms with Crippen molar-refractivity contribution in [2.45, 2.75) is 63.7 Å². The van der Waals surface area contributed by atoms with Crippen molar-refractivity contribution in [3.05, 3.63) is 65.6 Å². The molecule has 4 aliphatic rings. The quantitative estimate of drug-likeness (QED) is 0.281. The molecule has 7 rings (SSSR count). The molecule has 2 atom stereocenters. The molecular formula is C37H46FN7O3. The number of nitriles is 1. The minimum Gasteiger partial charge on any atom is -0.462 e. The number of ether oxygens (including phenoxy) is 3. The van der Waals surface area contributed by atoms with Crippen LogP contribution in [0.25, 0.3) is 10.8 Å². The summed E-state index contributed by atoms with van der Waals surface area (Å²) in [6.07, 6.45) is 4.40. The summed E-state index contributed by atoms with van der Waals surface area (Å²) in [5.41, 5.74) is 4.62. The normalized spacial score (nSPS) is 22.3. The first-order valence-corrected chi connectivity index (χ1v) is 17.3. The van der Waals surface area contributed by atoms with Crippen molar-refractivity contribution in [2.75, 3.05) is 75.7 Å². The van der Waals surface area contributed by atoms with Gasteiger partial charge in [0.1, 0.15) is 18.3 Å². The van der Waals surface area contributed by atoms with Gasteiger partial charge in [0.05, 0.1) is 38.1 Å². The summed E-state index contributed by atoms with van der Waals surface area (Å²) in [4.78, 5) is 19.6. The molecule has 1 unspecified atom stereocenters. The van der Waals surface area contributed by atoms with Crippen LogP contribution < -0.4 is 14.5 Å². The number of piperazine rings is 1. The highest BCUT2D eigenvalue weighted by Crippen LogP contribution is 2.36. The Morgan fingerprint density at radius 2 is 1.88 bits per heavy atom. The van der Waals surface area contributed by atoms with Gasteiger partial charge in [-0.1, -0.05) is 36.9 Å². The van der Waals surface area contributed by atoms with Crippen LogP contribution in [0.3, 0.4) is 0 Å². The minimum absolute atomic E-state index is 0.0756. The lowest BCUT2D eigenvalue weighted by atomic mass is 9.96. The van der Waals surface area contributed by atoms with E-state index in [-0.39, 0.29) is 19.4 Å². The van der Waals surface area contributed by atoms with Crippen molar-refractivity contribution in [3.8, 4) is 12.1 Å². The van der Waals surface area contributed by atoms with Gasteiger partial charge in [-0.3, -0.25) is 9.80 Å². The monoisotopic (exact) mass is 655 g/mol. The predicted octanol–water partition coefficient (Wildman–Crippen LogP) is 4.99. The van der Waals surface area contributed by atoms with Crippen LogP contribution in [0.2, 0.25) is 0 Å². The Hall–Kier alpha value is -3.82. The molecule has 0 radical (unpaired) electrons. The molecule has 254 valence electrons. The fourth-order valence-corrected chi connectivity index (χ4v) is 7.83. The first kappa shape index (κ1) is 32.7. The fraction of sp³-hybridized carbons (Fsp3) is 0.541. The minimum atomic E-state index is -0.504. The highest BCUT2D eigenvalue weighted by molar-refractivity contribution is 5.97. The molecule has 0 N–H and O–H groups in total. The molecule has 11 heteroatoms. The second-order valence-electron chi connectivity index (χ2n) is 13.5. The number of aryl methyl sites for hydroxylation is 1. The van der Waals surface area contributed by atoms with E-state index in [0.29, 0.717) is 57.3 Å². The number of nitrogens with zero attached hydrogens (tertiary/aromatic N) is 7. The maximum atomic E-state index is 13.2. The predicted molar refractivity (Wildman–Crippen MR) is 184 cm³/mol. The van der Waals surface area contributed by atoms with Crippen molar-refractivity contribution in [3.63, 3.8) is 0 Å². The van der Waals surface area contributed by atoms with E-state index in [1.807, 2.05) is 0 Å². The molecule has 3 aromatic rings. The summed E-state index contributed by atoms with van der Waals surface area (Å²) in [5, 5.41) is 12.2. The van der Waals surface area contributed by atoms with Gasteiger partial charge in [-0.25, -0.2) is 4.39 Å². The lowest BCUT2D eigenvalue weighted by Gasteiger charge is -2.47. The highest BCUT2D eigenvalue weighted by Gasteiger charge is 2.36. The van der Waals surface area contributed by atoms with Crippen LogP contribution in [0.1, 0.15) is 42.5 Å². The van der Waals surface area contributed by atoms with Crippen LogP contribution in [-0.4, -0.2) is 104 Å². The summed E-state index contributed by atoms with van der Waals surface area (Å²) in [7, 11) is 0. The van der Waals surface area contributed by atoms with Gasteiger partial charge in [-0.05, 0) is 49.6 Å². The number of halogens is 1. The highest BCUT2D eigenvalue weighted by atomic mass is 19.1. The number of fused-ring (bicyclic) bond motifs is 2. The lowest BCUT2D eigenvalue weighted by molar-refractivity contribution is -0.0377. The zero-order valence-corrected chi connectivity index (χ0v) is 28.0. The van der Waals surface area contributed by atoms with Crippen molar-refractivity contribution in [1.82, 2.24) is 19.8 Å². The number of benzene rings is 2. The number of aromatic nitrogens is 2. The Balaban J connectivity index is 1.15. The van der Waals surface area contributed by atoms with Crippen molar-refractivity contribution < 1.29 is 18.6 Å². The molecule has 0 bridgehead atoms. The summed E-state index contributed by atoms with van der Waals surface area (Å²) in [6.45, 7) is 12.4. The molecule has 0 spiro atoms. The molecule has 1 aromatic heterocycles. The average molecular weight is 656 g/mol. The first-order valence-electron chi connectivity index (χ1n) is 17.3. The molecule has 0 saturated carbocycles. The van der Waals surface area contributed by atoms with E-state index in [1.54, 1.807) is 0 Å². The van der Waals surface area contributed by atoms with Crippen molar-refractivity contribution in [2.24, 2.45) is 0 Å². The second kappa shape index (κ2) is 14.7. The summed E-state index contributed by atoms with van der Waals surface area (Å²) in [5.74, 6) is 0.399. The molecule has 0 amide bonds. The van der Waals surface area contributed by atoms with Crippen LogP contribution in [0.15, 0.2) is 48.8 Å². The molecule has 10 nitrogen and oxygen atoms in total. The summed E-state index contributed by atoms with van der Waals surface area (Å²) < 4.78 is 30.8. The van der Waals surface area contributed by atoms with E-state index in [9.17, 15) is 9.65 Å². The van der Waals surface area contributed by atoms with E-state index in [2.05, 4.69) is 75.6 Å². The molecule has 48 heavy (non-hydrogen) atoms. The number of hydrogen-bond acceptors (Lipinski definition) is 10. The number of anilines is 2. The average Bonchev–Trinajstić information content (AvgIpc) is 3.08. The standard InChI is InChI=1S/C37H46FN7O3/c1-26-5-3-6-28-7-4-8-34(35(26)28)42-15-11-32-33(22-42)40-37(48-24-31-10-16-45(31)29-12-19-46-20-13-29)41-36(32)43-17-18-44(25-47-23-27(2)38)30(21-43)9-14-39/h3-8,29-31H,2,9-13,15-25H2,1H3/t30-,31?/m0/s1. The van der Waals surface area contributed by atoms with Gasteiger partial charge in [0.15, 0.2) is 0 Å². The Labute approximate surface area is 282 Å². The molecule has 4 aliphatic heterocycles. The van der Waals surface area contributed by atoms with E-state index in [4.69, 9.17) is 24.2 Å². The third-order valence-corrected chi connectivity index (χ3v) is 10.5. The van der Waals surface area contributed by atoms with E-state index in [1.165, 1.54) is 22.0 Å². The third kappa shape index (κ3) is 6.99. The van der Waals surface area contributed by atoms with Gasteiger partial charge in [-0.2, -0.15) is 15.2 Å². The Morgan fingerprint density at radius 3 is 2.65 bits per heavy atom. The topological polar surface area (TPSA) is 90.2 Å². The summed E-state index contributed by atoms with van der Waals surface area (Å²) in [6, 6.07) is 16.6. The van der Waals surface area contributed by atoms with E-state index in [0.717, 1.165) is 69.1 Å².